The van der Waals surface area contributed by atoms with Crippen LogP contribution in [0.3, 0.4) is 0 Å². The number of benzene rings is 1. The van der Waals surface area contributed by atoms with Crippen LogP contribution >= 0.6 is 11.6 Å². The fourth-order valence-corrected chi connectivity index (χ4v) is 1.68. The summed E-state index contributed by atoms with van der Waals surface area (Å²) in [6.45, 7) is 0. The summed E-state index contributed by atoms with van der Waals surface area (Å²) in [6, 6.07) is 4.15. The van der Waals surface area contributed by atoms with Crippen molar-refractivity contribution in [3.05, 3.63) is 28.8 Å². The van der Waals surface area contributed by atoms with Gasteiger partial charge in [-0.05, 0) is 18.2 Å². The Balaban J connectivity index is 3.29. The van der Waals surface area contributed by atoms with Gasteiger partial charge in [0.1, 0.15) is 0 Å². The molecule has 16 heavy (non-hydrogen) atoms. The molecule has 0 bridgehead atoms. The summed E-state index contributed by atoms with van der Waals surface area (Å²) in [4.78, 5) is 0. The number of halogens is 1. The van der Waals surface area contributed by atoms with Crippen molar-refractivity contribution in [2.75, 3.05) is 4.72 Å². The fraction of sp³-hybridized carbons (Fsp3) is 0. The Hall–Kier alpha value is -1.51. The molecule has 0 saturated heterocycles. The molecule has 88 valence electrons. The third kappa shape index (κ3) is 3.26. The van der Waals surface area contributed by atoms with E-state index in [0.717, 1.165) is 0 Å². The Kier molecular flexibility index (Phi) is 3.58. The van der Waals surface area contributed by atoms with Crippen molar-refractivity contribution in [2.24, 2.45) is 16.0 Å². The lowest BCUT2D eigenvalue weighted by molar-refractivity contribution is 0.318. The Labute approximate surface area is 96.9 Å². The lowest BCUT2D eigenvalue weighted by Gasteiger charge is -2.09. The fourth-order valence-electron chi connectivity index (χ4n) is 1.03. The molecule has 0 spiro atoms. The van der Waals surface area contributed by atoms with Crippen molar-refractivity contribution >= 4 is 33.3 Å². The minimum atomic E-state index is -3.96. The Bertz CT molecular complexity index is 528. The van der Waals surface area contributed by atoms with Crippen molar-refractivity contribution in [3.8, 4) is 0 Å². The molecule has 0 saturated carbocycles. The predicted molar refractivity (Wildman–Crippen MR) is 60.7 cm³/mol. The van der Waals surface area contributed by atoms with Crippen LogP contribution in [-0.2, 0) is 10.2 Å². The molecule has 0 radical (unpaired) electrons. The minimum Gasteiger partial charge on any atom is -0.409 e. The predicted octanol–water partition coefficient (Wildman–Crippen LogP) is 0.0499. The molecule has 0 amide bonds. The molecule has 0 atom stereocenters. The van der Waals surface area contributed by atoms with Gasteiger partial charge in [-0.15, -0.1) is 0 Å². The molecule has 0 aliphatic carbocycles. The van der Waals surface area contributed by atoms with Gasteiger partial charge >= 0.3 is 0 Å². The maximum atomic E-state index is 10.9. The zero-order valence-corrected chi connectivity index (χ0v) is 9.46. The van der Waals surface area contributed by atoms with Crippen molar-refractivity contribution < 1.29 is 13.6 Å². The van der Waals surface area contributed by atoms with Crippen molar-refractivity contribution in [3.63, 3.8) is 0 Å². The maximum absolute atomic E-state index is 10.9. The largest absolute Gasteiger partial charge is 0.409 e. The van der Waals surface area contributed by atoms with Gasteiger partial charge in [-0.2, -0.15) is 8.42 Å². The van der Waals surface area contributed by atoms with E-state index in [1.54, 1.807) is 0 Å². The maximum Gasteiger partial charge on any atom is 0.296 e. The second kappa shape index (κ2) is 4.56. The standard InChI is InChI=1S/C7H9ClN4O3S/c8-4-1-2-5(7(9)11-13)6(3-4)12-16(10,14)15/h1-3,12-13H,(H2,9,11)(H2,10,14,15). The number of nitrogens with two attached hydrogens (primary N) is 2. The van der Waals surface area contributed by atoms with Crippen LogP contribution in [0.2, 0.25) is 5.02 Å². The van der Waals surface area contributed by atoms with Gasteiger partial charge < -0.3 is 10.9 Å². The van der Waals surface area contributed by atoms with Crippen LogP contribution in [0.15, 0.2) is 23.4 Å². The molecule has 0 aromatic heterocycles. The summed E-state index contributed by atoms with van der Waals surface area (Å²) in [5, 5.41) is 16.3. The second-order valence-corrected chi connectivity index (χ2v) is 4.55. The molecule has 1 aromatic carbocycles. The third-order valence-corrected chi connectivity index (χ3v) is 2.36. The molecule has 0 aliphatic heterocycles. The molecule has 0 fully saturated rings. The number of hydrogen-bond acceptors (Lipinski definition) is 4. The van der Waals surface area contributed by atoms with Crippen LogP contribution in [0.25, 0.3) is 0 Å². The molecule has 9 heteroatoms. The highest BCUT2D eigenvalue weighted by Gasteiger charge is 2.11. The van der Waals surface area contributed by atoms with Gasteiger partial charge in [0.25, 0.3) is 10.2 Å². The quantitative estimate of drug-likeness (QED) is 0.266. The van der Waals surface area contributed by atoms with E-state index in [2.05, 4.69) is 5.16 Å². The monoisotopic (exact) mass is 264 g/mol. The summed E-state index contributed by atoms with van der Waals surface area (Å²) >= 11 is 5.67. The van der Waals surface area contributed by atoms with Crippen LogP contribution < -0.4 is 15.6 Å². The molecular formula is C7H9ClN4O3S. The van der Waals surface area contributed by atoms with Gasteiger partial charge in [-0.1, -0.05) is 16.8 Å². The van der Waals surface area contributed by atoms with E-state index in [9.17, 15) is 8.42 Å². The van der Waals surface area contributed by atoms with E-state index < -0.39 is 10.2 Å². The second-order valence-electron chi connectivity index (χ2n) is 2.82. The number of rotatable bonds is 3. The van der Waals surface area contributed by atoms with E-state index in [4.69, 9.17) is 27.7 Å². The van der Waals surface area contributed by atoms with Gasteiger partial charge in [0, 0.05) is 10.6 Å². The minimum absolute atomic E-state index is 0.0327. The van der Waals surface area contributed by atoms with E-state index in [-0.39, 0.29) is 22.1 Å². The average molecular weight is 265 g/mol. The summed E-state index contributed by atoms with van der Waals surface area (Å²) in [5.41, 5.74) is 5.55. The summed E-state index contributed by atoms with van der Waals surface area (Å²) in [5.74, 6) is -0.261. The van der Waals surface area contributed by atoms with Gasteiger partial charge in [0.2, 0.25) is 0 Å². The molecule has 0 aliphatic rings. The molecule has 7 nitrogen and oxygen atoms in total. The SMILES string of the molecule is N/C(=N/O)c1ccc(Cl)cc1NS(N)(=O)=O. The number of anilines is 1. The number of amidine groups is 1. The first kappa shape index (κ1) is 12.6. The molecule has 6 N–H and O–H groups in total. The highest BCUT2D eigenvalue weighted by atomic mass is 35.5. The summed E-state index contributed by atoms with van der Waals surface area (Å²) < 4.78 is 23.7. The number of nitrogens with one attached hydrogen (secondary N) is 1. The highest BCUT2D eigenvalue weighted by Crippen LogP contribution is 2.21. The Morgan fingerprint density at radius 3 is 2.62 bits per heavy atom. The van der Waals surface area contributed by atoms with Crippen molar-refractivity contribution in [2.45, 2.75) is 0 Å². The molecule has 1 aromatic rings. The van der Waals surface area contributed by atoms with Crippen molar-refractivity contribution in [1.82, 2.24) is 0 Å². The van der Waals surface area contributed by atoms with E-state index in [1.165, 1.54) is 18.2 Å². The topological polar surface area (TPSA) is 131 Å². The average Bonchev–Trinajstić information content (AvgIpc) is 2.14. The molecule has 0 heterocycles. The van der Waals surface area contributed by atoms with Crippen LogP contribution in [0.4, 0.5) is 5.69 Å². The number of hydrogen-bond donors (Lipinski definition) is 4. The van der Waals surface area contributed by atoms with E-state index in [1.807, 2.05) is 4.72 Å². The Morgan fingerprint density at radius 1 is 1.50 bits per heavy atom. The van der Waals surface area contributed by atoms with E-state index in [0.29, 0.717) is 0 Å². The van der Waals surface area contributed by atoms with Crippen LogP contribution in [0.5, 0.6) is 0 Å². The molecule has 0 unspecified atom stereocenters. The normalized spacial score (nSPS) is 12.5. The smallest absolute Gasteiger partial charge is 0.296 e. The molecule has 1 rings (SSSR count). The Morgan fingerprint density at radius 2 is 2.12 bits per heavy atom. The van der Waals surface area contributed by atoms with Crippen molar-refractivity contribution in [1.29, 1.82) is 0 Å². The van der Waals surface area contributed by atoms with Gasteiger partial charge in [-0.3, -0.25) is 4.72 Å². The van der Waals surface area contributed by atoms with Crippen LogP contribution in [0, 0.1) is 0 Å². The first-order chi connectivity index (χ1) is 7.33. The highest BCUT2D eigenvalue weighted by molar-refractivity contribution is 7.90. The number of oxime groups is 1. The van der Waals surface area contributed by atoms with Gasteiger partial charge in [-0.25, -0.2) is 5.14 Å². The van der Waals surface area contributed by atoms with Gasteiger partial charge in [0.05, 0.1) is 5.69 Å². The van der Waals surface area contributed by atoms with Crippen LogP contribution in [-0.4, -0.2) is 19.5 Å². The van der Waals surface area contributed by atoms with E-state index >= 15 is 0 Å². The lowest BCUT2D eigenvalue weighted by Crippen LogP contribution is -2.24. The number of nitrogens with zero attached hydrogens (tertiary/aromatic N) is 1. The van der Waals surface area contributed by atoms with Gasteiger partial charge in [0.15, 0.2) is 5.84 Å². The first-order valence-corrected chi connectivity index (χ1v) is 5.84. The zero-order valence-electron chi connectivity index (χ0n) is 7.88. The summed E-state index contributed by atoms with van der Waals surface area (Å²) in [6.07, 6.45) is 0. The first-order valence-electron chi connectivity index (χ1n) is 3.91. The third-order valence-electron chi connectivity index (χ3n) is 1.62. The van der Waals surface area contributed by atoms with Crippen LogP contribution in [0.1, 0.15) is 5.56 Å². The molecular weight excluding hydrogens is 256 g/mol. The lowest BCUT2D eigenvalue weighted by atomic mass is 10.1. The zero-order chi connectivity index (χ0) is 12.3. The summed E-state index contributed by atoms with van der Waals surface area (Å²) in [7, 11) is -3.96.